The average molecular weight is 493 g/mol. The van der Waals surface area contributed by atoms with Crippen LogP contribution < -0.4 is 10.6 Å². The zero-order valence-electron chi connectivity index (χ0n) is 17.5. The average Bonchev–Trinajstić information content (AvgIpc) is 3.36. The first-order valence-electron chi connectivity index (χ1n) is 10.7. The summed E-state index contributed by atoms with van der Waals surface area (Å²) in [5, 5.41) is 15.1. The van der Waals surface area contributed by atoms with Gasteiger partial charge in [0.05, 0.1) is 22.1 Å². The number of amides is 2. The number of phenolic OH excluding ortho intramolecular Hbond substituents is 1. The Kier molecular flexibility index (Phi) is 6.07. The highest BCUT2D eigenvalue weighted by Crippen LogP contribution is 2.64. The van der Waals surface area contributed by atoms with Crippen LogP contribution in [0, 0.1) is 17.2 Å². The van der Waals surface area contributed by atoms with Crippen LogP contribution in [0.3, 0.4) is 0 Å². The largest absolute Gasteiger partial charge is 0.505 e. The molecule has 3 N–H and O–H groups in total. The zero-order valence-corrected chi connectivity index (χ0v) is 19.0. The second kappa shape index (κ2) is 8.28. The van der Waals surface area contributed by atoms with Gasteiger partial charge >= 0.3 is 0 Å². The van der Waals surface area contributed by atoms with Crippen LogP contribution in [0.2, 0.25) is 10.0 Å². The third-order valence-electron chi connectivity index (χ3n) is 7.41. The Morgan fingerprint density at radius 2 is 1.88 bits per heavy atom. The van der Waals surface area contributed by atoms with Gasteiger partial charge in [0.25, 0.3) is 0 Å². The Hall–Kier alpha value is -1.67. The van der Waals surface area contributed by atoms with Crippen LogP contribution in [0.5, 0.6) is 5.75 Å². The van der Waals surface area contributed by atoms with E-state index in [1.165, 1.54) is 6.92 Å². The van der Waals surface area contributed by atoms with Crippen LogP contribution in [0.1, 0.15) is 63.5 Å². The molecule has 0 unspecified atom stereocenters. The van der Waals surface area contributed by atoms with Crippen molar-refractivity contribution in [2.45, 2.75) is 75.8 Å². The number of carbonyl (C=O) groups is 2. The predicted octanol–water partition coefficient (Wildman–Crippen LogP) is 4.92. The van der Waals surface area contributed by atoms with Crippen LogP contribution in [0.4, 0.5) is 13.2 Å². The highest BCUT2D eigenvalue weighted by Gasteiger charge is 2.59. The van der Waals surface area contributed by atoms with Gasteiger partial charge in [0.1, 0.15) is 11.8 Å². The molecule has 3 fully saturated rings. The number of hydrogen-bond donors (Lipinski definition) is 3. The molecule has 0 aliphatic heterocycles. The quantitative estimate of drug-likeness (QED) is 0.510. The molecule has 0 saturated heterocycles. The van der Waals surface area contributed by atoms with Crippen molar-refractivity contribution in [3.05, 3.63) is 27.5 Å². The number of nitrogens with one attached hydrogen (secondary N) is 2. The number of carbonyl (C=O) groups excluding carboxylic acids is 2. The Balaban J connectivity index is 1.67. The molecule has 5 nitrogen and oxygen atoms in total. The van der Waals surface area contributed by atoms with Crippen molar-refractivity contribution < 1.29 is 27.9 Å². The fraction of sp³-hybridized carbons (Fsp3) is 0.636. The number of halogens is 5. The lowest BCUT2D eigenvalue weighted by atomic mass is 9.74. The minimum absolute atomic E-state index is 0.0888. The van der Waals surface area contributed by atoms with E-state index in [1.807, 2.05) is 0 Å². The zero-order chi connectivity index (χ0) is 23.4. The molecule has 0 heterocycles. The van der Waals surface area contributed by atoms with E-state index in [0.717, 1.165) is 6.07 Å². The fourth-order valence-corrected chi connectivity index (χ4v) is 6.29. The molecule has 4 rings (SSSR count). The molecule has 176 valence electrons. The molecular formula is C22H25Cl2F3N2O3. The van der Waals surface area contributed by atoms with Crippen molar-refractivity contribution in [2.24, 2.45) is 11.3 Å². The summed E-state index contributed by atoms with van der Waals surface area (Å²) < 4.78 is 44.5. The van der Waals surface area contributed by atoms with Crippen LogP contribution in [-0.2, 0) is 9.59 Å². The second-order valence-electron chi connectivity index (χ2n) is 9.54. The summed E-state index contributed by atoms with van der Waals surface area (Å²) >= 11 is 12.4. The van der Waals surface area contributed by atoms with Crippen molar-refractivity contribution in [1.82, 2.24) is 10.6 Å². The van der Waals surface area contributed by atoms with Crippen molar-refractivity contribution in [3.63, 3.8) is 0 Å². The molecule has 4 atom stereocenters. The number of alkyl halides is 2. The predicted molar refractivity (Wildman–Crippen MR) is 114 cm³/mol. The van der Waals surface area contributed by atoms with Crippen molar-refractivity contribution >= 4 is 35.0 Å². The molecule has 0 radical (unpaired) electrons. The molecule has 3 aliphatic carbocycles. The van der Waals surface area contributed by atoms with Crippen LogP contribution in [0.25, 0.3) is 0 Å². The van der Waals surface area contributed by atoms with Gasteiger partial charge in [-0.25, -0.2) is 13.2 Å². The molecule has 2 amide bonds. The van der Waals surface area contributed by atoms with Crippen molar-refractivity contribution in [1.29, 1.82) is 0 Å². The van der Waals surface area contributed by atoms with Gasteiger partial charge in [-0.2, -0.15) is 0 Å². The molecule has 0 aromatic heterocycles. The van der Waals surface area contributed by atoms with Gasteiger partial charge in [-0.1, -0.05) is 23.2 Å². The first-order valence-corrected chi connectivity index (χ1v) is 11.5. The van der Waals surface area contributed by atoms with E-state index in [1.54, 1.807) is 0 Å². The maximum absolute atomic E-state index is 15.1. The van der Waals surface area contributed by atoms with Gasteiger partial charge in [-0.05, 0) is 50.4 Å². The van der Waals surface area contributed by atoms with Crippen molar-refractivity contribution in [3.8, 4) is 5.75 Å². The van der Waals surface area contributed by atoms with Crippen LogP contribution in [-0.4, -0.2) is 34.8 Å². The highest BCUT2D eigenvalue weighted by molar-refractivity contribution is 6.42. The summed E-state index contributed by atoms with van der Waals surface area (Å²) in [6.07, 6.45) is 0.108. The standard InChI is InChI=1S/C22H25Cl2F3N2O3/c1-10(30)28-14-7-11(6-13(14)25)20(32)29-19(21-2-4-22(27,9-21)5-3-21)16-17(24)12(23)8-15(31)18(16)26/h8,11,13-14,19,31H,2-7,9H2,1H3,(H,28,30)(H,29,32)/t11-,13+,14+,19+,21?,22?/m0/s1. The van der Waals surface area contributed by atoms with Gasteiger partial charge in [0, 0.05) is 24.5 Å². The monoisotopic (exact) mass is 492 g/mol. The number of hydrogen-bond acceptors (Lipinski definition) is 3. The summed E-state index contributed by atoms with van der Waals surface area (Å²) in [4.78, 5) is 24.5. The van der Waals surface area contributed by atoms with Gasteiger partial charge < -0.3 is 15.7 Å². The fourth-order valence-electron chi connectivity index (χ4n) is 5.84. The van der Waals surface area contributed by atoms with Gasteiger partial charge in [0.2, 0.25) is 11.8 Å². The molecule has 3 saturated carbocycles. The lowest BCUT2D eigenvalue weighted by molar-refractivity contribution is -0.127. The lowest BCUT2D eigenvalue weighted by Gasteiger charge is -2.38. The molecular weight excluding hydrogens is 468 g/mol. The van der Waals surface area contributed by atoms with Crippen LogP contribution >= 0.6 is 23.2 Å². The number of rotatable bonds is 5. The molecule has 1 aromatic rings. The first-order chi connectivity index (χ1) is 14.9. The number of phenols is 1. The summed E-state index contributed by atoms with van der Waals surface area (Å²) in [6.45, 7) is 1.27. The molecule has 32 heavy (non-hydrogen) atoms. The third-order valence-corrected chi connectivity index (χ3v) is 8.22. The van der Waals surface area contributed by atoms with E-state index in [2.05, 4.69) is 10.6 Å². The summed E-state index contributed by atoms with van der Waals surface area (Å²) in [5.74, 6) is -3.42. The third kappa shape index (κ3) is 4.04. The minimum atomic E-state index is -1.39. The highest BCUT2D eigenvalue weighted by atomic mass is 35.5. The summed E-state index contributed by atoms with van der Waals surface area (Å²) in [5.41, 5.74) is -2.36. The molecule has 10 heteroatoms. The van der Waals surface area contributed by atoms with E-state index in [-0.39, 0.29) is 47.7 Å². The van der Waals surface area contributed by atoms with Crippen LogP contribution in [0.15, 0.2) is 6.07 Å². The Morgan fingerprint density at radius 1 is 1.22 bits per heavy atom. The minimum Gasteiger partial charge on any atom is -0.505 e. The topological polar surface area (TPSA) is 78.4 Å². The SMILES string of the molecule is CC(=O)N[C@@H]1C[C@@H](C(=O)N[C@H](c2c(F)c(O)cc(Cl)c2Cl)C23CCC(F)(CC2)C3)C[C@H]1F. The summed E-state index contributed by atoms with van der Waals surface area (Å²) in [7, 11) is 0. The Bertz CT molecular complexity index is 927. The molecule has 0 spiro atoms. The van der Waals surface area contributed by atoms with Gasteiger partial charge in [-0.3, -0.25) is 9.59 Å². The van der Waals surface area contributed by atoms with E-state index < -0.39 is 58.6 Å². The maximum atomic E-state index is 15.1. The number of fused-ring (bicyclic) bond motifs is 2. The smallest absolute Gasteiger partial charge is 0.223 e. The first kappa shape index (κ1) is 23.5. The Labute approximate surface area is 194 Å². The number of benzene rings is 1. The van der Waals surface area contributed by atoms with E-state index in [4.69, 9.17) is 23.2 Å². The number of aromatic hydroxyl groups is 1. The normalized spacial score (nSPS) is 34.5. The van der Waals surface area contributed by atoms with Gasteiger partial charge in [0.15, 0.2) is 11.6 Å². The van der Waals surface area contributed by atoms with E-state index in [0.29, 0.717) is 12.8 Å². The molecule has 3 aliphatic rings. The van der Waals surface area contributed by atoms with E-state index >= 15 is 8.78 Å². The summed E-state index contributed by atoms with van der Waals surface area (Å²) in [6, 6.07) is -0.845. The van der Waals surface area contributed by atoms with E-state index in [9.17, 15) is 19.1 Å². The van der Waals surface area contributed by atoms with Gasteiger partial charge in [-0.15, -0.1) is 0 Å². The second-order valence-corrected chi connectivity index (χ2v) is 10.3. The molecule has 1 aromatic carbocycles. The molecule has 2 bridgehead atoms. The Morgan fingerprint density at radius 3 is 2.44 bits per heavy atom. The van der Waals surface area contributed by atoms with Crippen molar-refractivity contribution in [2.75, 3.05) is 0 Å². The maximum Gasteiger partial charge on any atom is 0.223 e. The lowest BCUT2D eigenvalue weighted by Crippen LogP contribution is -2.42.